The second-order valence-corrected chi connectivity index (χ2v) is 4.10. The number of rotatable bonds is 5. The van der Waals surface area contributed by atoms with Gasteiger partial charge in [-0.1, -0.05) is 37.3 Å². The molecule has 88 valence electrons. The van der Waals surface area contributed by atoms with Crippen LogP contribution in [-0.2, 0) is 4.79 Å². The zero-order valence-electron chi connectivity index (χ0n) is 9.94. The van der Waals surface area contributed by atoms with Crippen LogP contribution in [0.4, 0.5) is 0 Å². The molecule has 0 aliphatic rings. The fraction of sp³-hybridized carbons (Fsp3) is 0.462. The molecule has 0 saturated heterocycles. The summed E-state index contributed by atoms with van der Waals surface area (Å²) >= 11 is 0. The Balaban J connectivity index is 2.46. The standard InChI is InChI=1S/C13H20N2O/c1-3-10(2)15-13(16)9-12(14)11-7-5-4-6-8-11/h4-8,10,12H,3,9,14H2,1-2H3,(H,15,16). The van der Waals surface area contributed by atoms with E-state index >= 15 is 0 Å². The van der Waals surface area contributed by atoms with Gasteiger partial charge in [-0.3, -0.25) is 4.79 Å². The van der Waals surface area contributed by atoms with Gasteiger partial charge in [0.1, 0.15) is 0 Å². The zero-order valence-corrected chi connectivity index (χ0v) is 9.94. The summed E-state index contributed by atoms with van der Waals surface area (Å²) in [4.78, 5) is 11.6. The Bertz CT molecular complexity index is 324. The van der Waals surface area contributed by atoms with Crippen molar-refractivity contribution in [3.8, 4) is 0 Å². The summed E-state index contributed by atoms with van der Waals surface area (Å²) in [7, 11) is 0. The molecular weight excluding hydrogens is 200 g/mol. The first-order chi connectivity index (χ1) is 7.63. The van der Waals surface area contributed by atoms with E-state index in [1.807, 2.05) is 44.2 Å². The van der Waals surface area contributed by atoms with Crippen molar-refractivity contribution in [3.63, 3.8) is 0 Å². The van der Waals surface area contributed by atoms with Crippen LogP contribution in [0.2, 0.25) is 0 Å². The van der Waals surface area contributed by atoms with Gasteiger partial charge in [0.25, 0.3) is 0 Å². The van der Waals surface area contributed by atoms with Crippen molar-refractivity contribution in [1.82, 2.24) is 5.32 Å². The van der Waals surface area contributed by atoms with E-state index < -0.39 is 0 Å². The highest BCUT2D eigenvalue weighted by atomic mass is 16.1. The summed E-state index contributed by atoms with van der Waals surface area (Å²) in [6.45, 7) is 4.04. The second kappa shape index (κ2) is 6.28. The topological polar surface area (TPSA) is 55.1 Å². The molecular formula is C13H20N2O. The Morgan fingerprint density at radius 3 is 2.56 bits per heavy atom. The van der Waals surface area contributed by atoms with Crippen LogP contribution >= 0.6 is 0 Å². The van der Waals surface area contributed by atoms with Gasteiger partial charge in [-0.15, -0.1) is 0 Å². The van der Waals surface area contributed by atoms with Gasteiger partial charge >= 0.3 is 0 Å². The van der Waals surface area contributed by atoms with Gasteiger partial charge < -0.3 is 11.1 Å². The Kier molecular flexibility index (Phi) is 4.99. The van der Waals surface area contributed by atoms with E-state index in [0.717, 1.165) is 12.0 Å². The Morgan fingerprint density at radius 1 is 1.38 bits per heavy atom. The van der Waals surface area contributed by atoms with Crippen molar-refractivity contribution >= 4 is 5.91 Å². The molecule has 0 aliphatic carbocycles. The minimum absolute atomic E-state index is 0.0192. The maximum absolute atomic E-state index is 11.6. The Hall–Kier alpha value is -1.35. The summed E-state index contributed by atoms with van der Waals surface area (Å²) in [5, 5.41) is 2.91. The lowest BCUT2D eigenvalue weighted by molar-refractivity contribution is -0.122. The van der Waals surface area contributed by atoms with E-state index in [1.165, 1.54) is 0 Å². The number of nitrogens with two attached hydrogens (primary N) is 1. The number of nitrogens with one attached hydrogen (secondary N) is 1. The van der Waals surface area contributed by atoms with E-state index in [9.17, 15) is 4.79 Å². The molecule has 3 N–H and O–H groups in total. The molecule has 0 aromatic heterocycles. The number of hydrogen-bond acceptors (Lipinski definition) is 2. The molecule has 0 bridgehead atoms. The number of carbonyl (C=O) groups is 1. The number of carbonyl (C=O) groups excluding carboxylic acids is 1. The average molecular weight is 220 g/mol. The van der Waals surface area contributed by atoms with Crippen molar-refractivity contribution in [3.05, 3.63) is 35.9 Å². The molecule has 1 amide bonds. The molecule has 1 rings (SSSR count). The van der Waals surface area contributed by atoms with Crippen LogP contribution in [0.5, 0.6) is 0 Å². The quantitative estimate of drug-likeness (QED) is 0.797. The lowest BCUT2D eigenvalue weighted by Crippen LogP contribution is -2.34. The molecule has 0 radical (unpaired) electrons. The lowest BCUT2D eigenvalue weighted by atomic mass is 10.0. The molecule has 1 aromatic carbocycles. The monoisotopic (exact) mass is 220 g/mol. The number of benzene rings is 1. The van der Waals surface area contributed by atoms with Gasteiger partial charge in [-0.05, 0) is 18.9 Å². The van der Waals surface area contributed by atoms with E-state index in [2.05, 4.69) is 5.32 Å². The Labute approximate surface area is 97.0 Å². The van der Waals surface area contributed by atoms with Gasteiger partial charge in [0, 0.05) is 18.5 Å². The molecule has 3 nitrogen and oxygen atoms in total. The van der Waals surface area contributed by atoms with E-state index in [0.29, 0.717) is 6.42 Å². The van der Waals surface area contributed by atoms with Gasteiger partial charge in [0.2, 0.25) is 5.91 Å². The molecule has 3 heteroatoms. The highest BCUT2D eigenvalue weighted by Crippen LogP contribution is 2.12. The summed E-state index contributed by atoms with van der Waals surface area (Å²) in [5.74, 6) is 0.0192. The van der Waals surface area contributed by atoms with E-state index in [4.69, 9.17) is 5.73 Å². The molecule has 16 heavy (non-hydrogen) atoms. The maximum atomic E-state index is 11.6. The van der Waals surface area contributed by atoms with Crippen LogP contribution in [0.1, 0.15) is 38.3 Å². The fourth-order valence-corrected chi connectivity index (χ4v) is 1.45. The van der Waals surface area contributed by atoms with Crippen molar-refractivity contribution in [2.45, 2.75) is 38.8 Å². The normalized spacial score (nSPS) is 14.2. The van der Waals surface area contributed by atoms with E-state index in [-0.39, 0.29) is 18.0 Å². The summed E-state index contributed by atoms with van der Waals surface area (Å²) in [5.41, 5.74) is 6.95. The second-order valence-electron chi connectivity index (χ2n) is 4.10. The van der Waals surface area contributed by atoms with Crippen molar-refractivity contribution in [2.24, 2.45) is 5.73 Å². The SMILES string of the molecule is CCC(C)NC(=O)CC(N)c1ccccc1. The van der Waals surface area contributed by atoms with Gasteiger partial charge in [0.15, 0.2) is 0 Å². The average Bonchev–Trinajstić information content (AvgIpc) is 2.29. The third-order valence-corrected chi connectivity index (χ3v) is 2.65. The third-order valence-electron chi connectivity index (χ3n) is 2.65. The molecule has 2 unspecified atom stereocenters. The first kappa shape index (κ1) is 12.7. The summed E-state index contributed by atoms with van der Waals surface area (Å²) in [6, 6.07) is 9.70. The van der Waals surface area contributed by atoms with Crippen LogP contribution < -0.4 is 11.1 Å². The minimum Gasteiger partial charge on any atom is -0.354 e. The highest BCUT2D eigenvalue weighted by Gasteiger charge is 2.12. The summed E-state index contributed by atoms with van der Waals surface area (Å²) in [6.07, 6.45) is 1.28. The molecule has 2 atom stereocenters. The van der Waals surface area contributed by atoms with Crippen molar-refractivity contribution in [2.75, 3.05) is 0 Å². The predicted octanol–water partition coefficient (Wildman–Crippen LogP) is 1.99. The van der Waals surface area contributed by atoms with Crippen LogP contribution in [-0.4, -0.2) is 11.9 Å². The van der Waals surface area contributed by atoms with Gasteiger partial charge in [-0.2, -0.15) is 0 Å². The fourth-order valence-electron chi connectivity index (χ4n) is 1.45. The highest BCUT2D eigenvalue weighted by molar-refractivity contribution is 5.77. The maximum Gasteiger partial charge on any atom is 0.222 e. The van der Waals surface area contributed by atoms with Crippen LogP contribution in [0.25, 0.3) is 0 Å². The summed E-state index contributed by atoms with van der Waals surface area (Å²) < 4.78 is 0. The minimum atomic E-state index is -0.217. The van der Waals surface area contributed by atoms with Crippen molar-refractivity contribution in [1.29, 1.82) is 0 Å². The lowest BCUT2D eigenvalue weighted by Gasteiger charge is -2.15. The number of amides is 1. The molecule has 0 spiro atoms. The van der Waals surface area contributed by atoms with Crippen LogP contribution in [0, 0.1) is 0 Å². The van der Waals surface area contributed by atoms with Crippen molar-refractivity contribution < 1.29 is 4.79 Å². The van der Waals surface area contributed by atoms with Gasteiger partial charge in [-0.25, -0.2) is 0 Å². The van der Waals surface area contributed by atoms with Crippen LogP contribution in [0.3, 0.4) is 0 Å². The first-order valence-corrected chi connectivity index (χ1v) is 5.73. The van der Waals surface area contributed by atoms with Gasteiger partial charge in [0.05, 0.1) is 0 Å². The molecule has 0 heterocycles. The molecule has 0 aliphatic heterocycles. The molecule has 1 aromatic rings. The number of hydrogen-bond donors (Lipinski definition) is 2. The predicted molar refractivity (Wildman–Crippen MR) is 65.9 cm³/mol. The van der Waals surface area contributed by atoms with E-state index in [1.54, 1.807) is 0 Å². The van der Waals surface area contributed by atoms with Crippen LogP contribution in [0.15, 0.2) is 30.3 Å². The zero-order chi connectivity index (χ0) is 12.0. The largest absolute Gasteiger partial charge is 0.354 e. The Morgan fingerprint density at radius 2 is 2.00 bits per heavy atom. The first-order valence-electron chi connectivity index (χ1n) is 5.73. The third kappa shape index (κ3) is 4.03. The molecule has 0 fully saturated rings. The molecule has 0 saturated carbocycles. The smallest absolute Gasteiger partial charge is 0.222 e.